The predicted octanol–water partition coefficient (Wildman–Crippen LogP) is 3.26. The van der Waals surface area contributed by atoms with Crippen molar-refractivity contribution in [3.8, 4) is 0 Å². The van der Waals surface area contributed by atoms with Gasteiger partial charge in [-0.1, -0.05) is 18.2 Å². The number of amides is 1. The number of carbonyl (C=O) groups excluding carboxylic acids is 1. The predicted molar refractivity (Wildman–Crippen MR) is 97.2 cm³/mol. The summed E-state index contributed by atoms with van der Waals surface area (Å²) in [6, 6.07) is 6.54. The molecule has 3 nitrogen and oxygen atoms in total. The van der Waals surface area contributed by atoms with Gasteiger partial charge in [-0.05, 0) is 62.8 Å². The van der Waals surface area contributed by atoms with Gasteiger partial charge in [-0.2, -0.15) is 0 Å². The summed E-state index contributed by atoms with van der Waals surface area (Å²) in [4.78, 5) is 14.6. The lowest BCUT2D eigenvalue weighted by Crippen LogP contribution is -2.42. The Hall–Kier alpha value is -1.06. The van der Waals surface area contributed by atoms with Gasteiger partial charge in [0, 0.05) is 31.5 Å². The van der Waals surface area contributed by atoms with Crippen LogP contribution < -0.4 is 5.32 Å². The minimum Gasteiger partial charge on any atom is -0.342 e. The third-order valence-corrected chi connectivity index (χ3v) is 5.55. The smallest absolute Gasteiger partial charge is 0.222 e. The molecule has 128 valence electrons. The molecule has 1 unspecified atom stereocenters. The molecule has 2 aliphatic heterocycles. The second kappa shape index (κ2) is 7.67. The number of piperidine rings is 1. The highest BCUT2D eigenvalue weighted by atomic mass is 35.5. The molecule has 0 radical (unpaired) electrons. The van der Waals surface area contributed by atoms with Crippen LogP contribution >= 0.6 is 12.4 Å². The first-order valence-corrected chi connectivity index (χ1v) is 8.63. The van der Waals surface area contributed by atoms with Crippen LogP contribution in [-0.4, -0.2) is 37.0 Å². The topological polar surface area (TPSA) is 32.3 Å². The fourth-order valence-corrected chi connectivity index (χ4v) is 3.90. The zero-order valence-electron chi connectivity index (χ0n) is 14.4. The van der Waals surface area contributed by atoms with Crippen molar-refractivity contribution in [1.82, 2.24) is 10.2 Å². The number of nitrogens with zero attached hydrogens (tertiary/aromatic N) is 1. The average molecular weight is 337 g/mol. The summed E-state index contributed by atoms with van der Waals surface area (Å²) in [5.41, 5.74) is 4.29. The first-order chi connectivity index (χ1) is 10.6. The molecular weight excluding hydrogens is 308 g/mol. The molecule has 2 fully saturated rings. The molecule has 0 aliphatic carbocycles. The van der Waals surface area contributed by atoms with Gasteiger partial charge in [0.05, 0.1) is 0 Å². The molecule has 1 atom stereocenters. The van der Waals surface area contributed by atoms with E-state index in [1.165, 1.54) is 36.0 Å². The Morgan fingerprint density at radius 1 is 1.26 bits per heavy atom. The number of rotatable bonds is 3. The number of benzene rings is 1. The molecule has 2 heterocycles. The molecule has 1 aromatic carbocycles. The van der Waals surface area contributed by atoms with E-state index >= 15 is 0 Å². The molecule has 2 aliphatic rings. The Labute approximate surface area is 146 Å². The van der Waals surface area contributed by atoms with Crippen LogP contribution in [0.3, 0.4) is 0 Å². The van der Waals surface area contributed by atoms with E-state index in [1.807, 2.05) is 0 Å². The van der Waals surface area contributed by atoms with E-state index in [4.69, 9.17) is 0 Å². The molecule has 1 amide bonds. The van der Waals surface area contributed by atoms with Gasteiger partial charge in [0.2, 0.25) is 5.91 Å². The SMILES string of the molecule is Cc1ccc(CCC(=O)N2CCC3(CCCNC3)C2)cc1C.Cl. The number of carbonyl (C=O) groups is 1. The molecule has 1 aromatic rings. The molecule has 4 heteroatoms. The first-order valence-electron chi connectivity index (χ1n) is 8.63. The lowest BCUT2D eigenvalue weighted by atomic mass is 9.80. The normalized spacial score (nSPS) is 23.8. The van der Waals surface area contributed by atoms with E-state index in [9.17, 15) is 4.79 Å². The summed E-state index contributed by atoms with van der Waals surface area (Å²) in [6.45, 7) is 8.42. The summed E-state index contributed by atoms with van der Waals surface area (Å²) in [7, 11) is 0. The van der Waals surface area contributed by atoms with Crippen LogP contribution in [0, 0.1) is 19.3 Å². The van der Waals surface area contributed by atoms with Gasteiger partial charge in [0.25, 0.3) is 0 Å². The quantitative estimate of drug-likeness (QED) is 0.918. The number of aryl methyl sites for hydroxylation is 3. The Kier molecular flexibility index (Phi) is 6.10. The van der Waals surface area contributed by atoms with Crippen LogP contribution in [0.4, 0.5) is 0 Å². The van der Waals surface area contributed by atoms with Crippen molar-refractivity contribution in [1.29, 1.82) is 0 Å². The van der Waals surface area contributed by atoms with Crippen LogP contribution in [0.5, 0.6) is 0 Å². The lowest BCUT2D eigenvalue weighted by molar-refractivity contribution is -0.130. The molecular formula is C19H29ClN2O. The number of hydrogen-bond donors (Lipinski definition) is 1. The molecule has 0 aromatic heterocycles. The summed E-state index contributed by atoms with van der Waals surface area (Å²) >= 11 is 0. The number of halogens is 1. The Balaban J connectivity index is 0.00000192. The minimum atomic E-state index is 0. The highest BCUT2D eigenvalue weighted by Crippen LogP contribution is 2.36. The molecule has 23 heavy (non-hydrogen) atoms. The highest BCUT2D eigenvalue weighted by Gasteiger charge is 2.40. The van der Waals surface area contributed by atoms with Crippen LogP contribution in [0.15, 0.2) is 18.2 Å². The maximum Gasteiger partial charge on any atom is 0.222 e. The van der Waals surface area contributed by atoms with Crippen LogP contribution in [0.1, 0.15) is 42.4 Å². The van der Waals surface area contributed by atoms with Crippen molar-refractivity contribution in [3.05, 3.63) is 34.9 Å². The van der Waals surface area contributed by atoms with Gasteiger partial charge in [-0.25, -0.2) is 0 Å². The second-order valence-electron chi connectivity index (χ2n) is 7.26. The van der Waals surface area contributed by atoms with Gasteiger partial charge in [0.15, 0.2) is 0 Å². The Morgan fingerprint density at radius 3 is 2.78 bits per heavy atom. The largest absolute Gasteiger partial charge is 0.342 e. The Bertz CT molecular complexity index is 552. The van der Waals surface area contributed by atoms with Crippen molar-refractivity contribution in [3.63, 3.8) is 0 Å². The van der Waals surface area contributed by atoms with E-state index < -0.39 is 0 Å². The fourth-order valence-electron chi connectivity index (χ4n) is 3.90. The first kappa shape index (κ1) is 18.3. The molecule has 0 saturated carbocycles. The number of hydrogen-bond acceptors (Lipinski definition) is 2. The molecule has 2 saturated heterocycles. The van der Waals surface area contributed by atoms with Gasteiger partial charge in [0.1, 0.15) is 0 Å². The third-order valence-electron chi connectivity index (χ3n) is 5.55. The van der Waals surface area contributed by atoms with Crippen LogP contribution in [0.25, 0.3) is 0 Å². The number of nitrogens with one attached hydrogen (secondary N) is 1. The monoisotopic (exact) mass is 336 g/mol. The van der Waals surface area contributed by atoms with Crippen molar-refractivity contribution in [2.45, 2.75) is 46.0 Å². The van der Waals surface area contributed by atoms with Gasteiger partial charge < -0.3 is 10.2 Å². The van der Waals surface area contributed by atoms with E-state index in [2.05, 4.69) is 42.3 Å². The highest BCUT2D eigenvalue weighted by molar-refractivity contribution is 5.85. The van der Waals surface area contributed by atoms with Crippen molar-refractivity contribution < 1.29 is 4.79 Å². The Morgan fingerprint density at radius 2 is 2.09 bits per heavy atom. The minimum absolute atomic E-state index is 0. The van der Waals surface area contributed by atoms with Crippen molar-refractivity contribution >= 4 is 18.3 Å². The molecule has 1 spiro atoms. The maximum absolute atomic E-state index is 12.5. The lowest BCUT2D eigenvalue weighted by Gasteiger charge is -2.33. The third kappa shape index (κ3) is 4.27. The van der Waals surface area contributed by atoms with E-state index in [1.54, 1.807) is 0 Å². The van der Waals surface area contributed by atoms with Crippen molar-refractivity contribution in [2.24, 2.45) is 5.41 Å². The van der Waals surface area contributed by atoms with E-state index in [-0.39, 0.29) is 12.4 Å². The van der Waals surface area contributed by atoms with Crippen LogP contribution in [-0.2, 0) is 11.2 Å². The van der Waals surface area contributed by atoms with Gasteiger partial charge in [-0.3, -0.25) is 4.79 Å². The number of likely N-dealkylation sites (tertiary alicyclic amines) is 1. The summed E-state index contributed by atoms with van der Waals surface area (Å²) in [6.07, 6.45) is 5.22. The van der Waals surface area contributed by atoms with Gasteiger partial charge in [-0.15, -0.1) is 12.4 Å². The molecule has 0 bridgehead atoms. The summed E-state index contributed by atoms with van der Waals surface area (Å²) in [5.74, 6) is 0.334. The standard InChI is InChI=1S/C19H28N2O.ClH/c1-15-4-5-17(12-16(15)2)6-7-18(22)21-11-9-19(14-21)8-3-10-20-13-19;/h4-5,12,20H,3,6-11,13-14H2,1-2H3;1H. The van der Waals surface area contributed by atoms with E-state index in [0.29, 0.717) is 17.7 Å². The van der Waals surface area contributed by atoms with Crippen LogP contribution in [0.2, 0.25) is 0 Å². The summed E-state index contributed by atoms with van der Waals surface area (Å²) in [5, 5.41) is 3.51. The average Bonchev–Trinajstić information content (AvgIpc) is 2.92. The summed E-state index contributed by atoms with van der Waals surface area (Å²) < 4.78 is 0. The fraction of sp³-hybridized carbons (Fsp3) is 0.632. The van der Waals surface area contributed by atoms with E-state index in [0.717, 1.165) is 32.6 Å². The van der Waals surface area contributed by atoms with Gasteiger partial charge >= 0.3 is 0 Å². The molecule has 1 N–H and O–H groups in total. The van der Waals surface area contributed by atoms with Crippen molar-refractivity contribution in [2.75, 3.05) is 26.2 Å². The second-order valence-corrected chi connectivity index (χ2v) is 7.26. The zero-order chi connectivity index (χ0) is 15.6. The molecule has 3 rings (SSSR count). The maximum atomic E-state index is 12.5. The zero-order valence-corrected chi connectivity index (χ0v) is 15.2.